The van der Waals surface area contributed by atoms with Crippen molar-refractivity contribution in [2.24, 2.45) is 5.41 Å². The number of hydrogen-bond acceptors (Lipinski definition) is 4. The minimum atomic E-state index is -0.101. The molecule has 2 aliphatic heterocycles. The highest BCUT2D eigenvalue weighted by Crippen LogP contribution is 2.32. The molecule has 3 heterocycles. The number of nitrogens with one attached hydrogen (secondary N) is 1. The zero-order valence-electron chi connectivity index (χ0n) is 17.2. The van der Waals surface area contributed by atoms with Crippen LogP contribution in [0, 0.1) is 19.3 Å². The van der Waals surface area contributed by atoms with E-state index in [4.69, 9.17) is 9.15 Å². The van der Waals surface area contributed by atoms with E-state index >= 15 is 0 Å². The van der Waals surface area contributed by atoms with Crippen LogP contribution < -0.4 is 5.32 Å². The molecule has 0 atom stereocenters. The quantitative estimate of drug-likeness (QED) is 0.845. The van der Waals surface area contributed by atoms with Crippen LogP contribution in [0.4, 0.5) is 0 Å². The average Bonchev–Trinajstić information content (AvgIpc) is 3.04. The van der Waals surface area contributed by atoms with Crippen LogP contribution in [0.2, 0.25) is 0 Å². The van der Waals surface area contributed by atoms with E-state index in [1.807, 2.05) is 19.1 Å². The zero-order chi connectivity index (χ0) is 19.6. The van der Waals surface area contributed by atoms with E-state index in [0.29, 0.717) is 12.3 Å². The van der Waals surface area contributed by atoms with Gasteiger partial charge in [-0.05, 0) is 64.8 Å². The number of benzene rings is 1. The molecule has 2 saturated heterocycles. The number of amides is 1. The second-order valence-corrected chi connectivity index (χ2v) is 8.69. The number of hydrogen-bond donors (Lipinski definition) is 1. The molecule has 1 aromatic heterocycles. The summed E-state index contributed by atoms with van der Waals surface area (Å²) < 4.78 is 11.5. The second-order valence-electron chi connectivity index (χ2n) is 8.69. The summed E-state index contributed by atoms with van der Waals surface area (Å²) in [5.41, 5.74) is 2.98. The smallest absolute Gasteiger partial charge is 0.287 e. The number of ether oxygens (including phenoxy) is 1. The molecular formula is C23H32N2O3. The maximum absolute atomic E-state index is 12.9. The zero-order valence-corrected chi connectivity index (χ0v) is 17.2. The van der Waals surface area contributed by atoms with Crippen LogP contribution in [0.25, 0.3) is 11.0 Å². The monoisotopic (exact) mass is 384 g/mol. The summed E-state index contributed by atoms with van der Waals surface area (Å²) in [6.07, 6.45) is 5.92. The summed E-state index contributed by atoms with van der Waals surface area (Å²) in [6, 6.07) is 6.05. The molecule has 1 N–H and O–H groups in total. The van der Waals surface area contributed by atoms with Gasteiger partial charge in [-0.3, -0.25) is 4.79 Å². The van der Waals surface area contributed by atoms with Crippen molar-refractivity contribution in [2.75, 3.05) is 39.4 Å². The number of furan rings is 1. The molecule has 0 unspecified atom stereocenters. The average molecular weight is 385 g/mol. The number of carbonyl (C=O) groups excluding carboxylic acids is 1. The van der Waals surface area contributed by atoms with Crippen molar-refractivity contribution >= 4 is 16.9 Å². The highest BCUT2D eigenvalue weighted by Gasteiger charge is 2.35. The molecule has 5 nitrogen and oxygen atoms in total. The molecule has 4 rings (SSSR count). The summed E-state index contributed by atoms with van der Waals surface area (Å²) in [5.74, 6) is 0.344. The SMILES string of the molecule is Cc1ccc2oc(C(=O)NCC3(CN4CCCCC4)CCOCC3)c(C)c2c1. The topological polar surface area (TPSA) is 54.7 Å². The van der Waals surface area contributed by atoms with Crippen molar-refractivity contribution in [3.63, 3.8) is 0 Å². The Hall–Kier alpha value is -1.85. The van der Waals surface area contributed by atoms with Crippen molar-refractivity contribution in [3.8, 4) is 0 Å². The summed E-state index contributed by atoms with van der Waals surface area (Å²) in [7, 11) is 0. The number of fused-ring (bicyclic) bond motifs is 1. The standard InChI is InChI=1S/C23H32N2O3/c1-17-6-7-20-19(14-17)18(2)21(28-20)22(26)24-15-23(8-12-27-13-9-23)16-25-10-4-3-5-11-25/h6-7,14H,3-5,8-13,15-16H2,1-2H3,(H,24,26). The number of likely N-dealkylation sites (tertiary alicyclic amines) is 1. The van der Waals surface area contributed by atoms with Gasteiger partial charge in [0.05, 0.1) is 0 Å². The van der Waals surface area contributed by atoms with E-state index < -0.39 is 0 Å². The first-order valence-corrected chi connectivity index (χ1v) is 10.6. The number of nitrogens with zero attached hydrogens (tertiary/aromatic N) is 1. The largest absolute Gasteiger partial charge is 0.451 e. The van der Waals surface area contributed by atoms with Gasteiger partial charge in [0.15, 0.2) is 5.76 Å². The van der Waals surface area contributed by atoms with Gasteiger partial charge in [0.25, 0.3) is 5.91 Å². The lowest BCUT2D eigenvalue weighted by Crippen LogP contribution is -2.49. The van der Waals surface area contributed by atoms with Gasteiger partial charge in [-0.1, -0.05) is 18.1 Å². The van der Waals surface area contributed by atoms with Crippen molar-refractivity contribution in [3.05, 3.63) is 35.1 Å². The number of carbonyl (C=O) groups is 1. The Balaban J connectivity index is 1.47. The molecule has 0 radical (unpaired) electrons. The Labute approximate surface area is 167 Å². The molecule has 0 bridgehead atoms. The minimum Gasteiger partial charge on any atom is -0.451 e. The third-order valence-corrected chi connectivity index (χ3v) is 6.48. The van der Waals surface area contributed by atoms with Gasteiger partial charge in [0.2, 0.25) is 0 Å². The van der Waals surface area contributed by atoms with Crippen molar-refractivity contribution < 1.29 is 13.9 Å². The summed E-state index contributed by atoms with van der Waals surface area (Å²) in [5, 5.41) is 4.23. The van der Waals surface area contributed by atoms with Crippen molar-refractivity contribution in [1.29, 1.82) is 0 Å². The Bertz CT molecular complexity index is 830. The Morgan fingerprint density at radius 3 is 2.64 bits per heavy atom. The second kappa shape index (κ2) is 8.26. The van der Waals surface area contributed by atoms with E-state index in [-0.39, 0.29) is 11.3 Å². The first-order valence-electron chi connectivity index (χ1n) is 10.6. The molecule has 152 valence electrons. The Kier molecular flexibility index (Phi) is 5.74. The van der Waals surface area contributed by atoms with Crippen LogP contribution in [0.15, 0.2) is 22.6 Å². The van der Waals surface area contributed by atoms with Gasteiger partial charge in [-0.2, -0.15) is 0 Å². The fraction of sp³-hybridized carbons (Fsp3) is 0.609. The van der Waals surface area contributed by atoms with E-state index in [0.717, 1.165) is 49.1 Å². The maximum Gasteiger partial charge on any atom is 0.287 e. The lowest BCUT2D eigenvalue weighted by molar-refractivity contribution is -0.00682. The molecule has 2 aromatic rings. The summed E-state index contributed by atoms with van der Waals surface area (Å²) in [6.45, 7) is 9.69. The van der Waals surface area contributed by atoms with Gasteiger partial charge in [-0.15, -0.1) is 0 Å². The van der Waals surface area contributed by atoms with Crippen LogP contribution in [0.5, 0.6) is 0 Å². The maximum atomic E-state index is 12.9. The third-order valence-electron chi connectivity index (χ3n) is 6.48. The van der Waals surface area contributed by atoms with Crippen molar-refractivity contribution in [2.45, 2.75) is 46.0 Å². The Morgan fingerprint density at radius 1 is 1.14 bits per heavy atom. The van der Waals surface area contributed by atoms with Gasteiger partial charge < -0.3 is 19.4 Å². The fourth-order valence-electron chi connectivity index (χ4n) is 4.69. The van der Waals surface area contributed by atoms with Crippen LogP contribution in [0.1, 0.15) is 53.8 Å². The third kappa shape index (κ3) is 4.11. The Morgan fingerprint density at radius 2 is 1.89 bits per heavy atom. The van der Waals surface area contributed by atoms with Gasteiger partial charge >= 0.3 is 0 Å². The lowest BCUT2D eigenvalue weighted by atomic mass is 9.79. The van der Waals surface area contributed by atoms with E-state index in [1.54, 1.807) is 0 Å². The molecule has 5 heteroatoms. The predicted molar refractivity (Wildman–Crippen MR) is 111 cm³/mol. The van der Waals surface area contributed by atoms with Crippen LogP contribution in [-0.4, -0.2) is 50.2 Å². The van der Waals surface area contributed by atoms with E-state index in [9.17, 15) is 4.79 Å². The molecule has 1 amide bonds. The predicted octanol–water partition coefficient (Wildman–Crippen LogP) is 4.06. The number of piperidine rings is 1. The molecule has 28 heavy (non-hydrogen) atoms. The fourth-order valence-corrected chi connectivity index (χ4v) is 4.69. The number of aryl methyl sites for hydroxylation is 2. The first-order chi connectivity index (χ1) is 13.6. The van der Waals surface area contributed by atoms with Gasteiger partial charge in [0.1, 0.15) is 5.58 Å². The molecule has 2 fully saturated rings. The molecule has 0 spiro atoms. The first kappa shape index (κ1) is 19.5. The summed E-state index contributed by atoms with van der Waals surface area (Å²) >= 11 is 0. The van der Waals surface area contributed by atoms with Crippen LogP contribution in [-0.2, 0) is 4.74 Å². The number of rotatable bonds is 5. The molecule has 1 aromatic carbocycles. The highest BCUT2D eigenvalue weighted by molar-refractivity contribution is 5.99. The normalized spacial score (nSPS) is 20.4. The van der Waals surface area contributed by atoms with Gasteiger partial charge in [-0.25, -0.2) is 0 Å². The van der Waals surface area contributed by atoms with Crippen LogP contribution in [0.3, 0.4) is 0 Å². The highest BCUT2D eigenvalue weighted by atomic mass is 16.5. The van der Waals surface area contributed by atoms with Gasteiger partial charge in [0, 0.05) is 42.7 Å². The molecule has 0 aliphatic carbocycles. The minimum absolute atomic E-state index is 0.0990. The van der Waals surface area contributed by atoms with Crippen molar-refractivity contribution in [1.82, 2.24) is 10.2 Å². The molecular weight excluding hydrogens is 352 g/mol. The summed E-state index contributed by atoms with van der Waals surface area (Å²) in [4.78, 5) is 15.5. The van der Waals surface area contributed by atoms with E-state index in [2.05, 4.69) is 23.2 Å². The van der Waals surface area contributed by atoms with E-state index in [1.165, 1.54) is 37.9 Å². The lowest BCUT2D eigenvalue weighted by Gasteiger charge is -2.42. The van der Waals surface area contributed by atoms with Crippen LogP contribution >= 0.6 is 0 Å². The molecule has 2 aliphatic rings. The molecule has 0 saturated carbocycles.